The third kappa shape index (κ3) is 3.77. The summed E-state index contributed by atoms with van der Waals surface area (Å²) in [7, 11) is 0. The van der Waals surface area contributed by atoms with E-state index < -0.39 is 5.97 Å². The highest BCUT2D eigenvalue weighted by Crippen LogP contribution is 2.15. The first-order valence-electron chi connectivity index (χ1n) is 5.32. The van der Waals surface area contributed by atoms with Crippen molar-refractivity contribution in [2.24, 2.45) is 0 Å². The summed E-state index contributed by atoms with van der Waals surface area (Å²) in [5.74, 6) is -0.826. The molecule has 0 radical (unpaired) electrons. The Morgan fingerprint density at radius 2 is 1.94 bits per heavy atom. The van der Waals surface area contributed by atoms with Crippen molar-refractivity contribution in [2.45, 2.75) is 13.3 Å². The molecule has 0 unspecified atom stereocenters. The molecule has 0 fully saturated rings. The van der Waals surface area contributed by atoms with Gasteiger partial charge in [0.1, 0.15) is 6.54 Å². The zero-order valence-corrected chi connectivity index (χ0v) is 9.52. The summed E-state index contributed by atoms with van der Waals surface area (Å²) < 4.78 is 0. The summed E-state index contributed by atoms with van der Waals surface area (Å²) in [6.45, 7) is 6.52. The van der Waals surface area contributed by atoms with Crippen molar-refractivity contribution < 1.29 is 9.90 Å². The van der Waals surface area contributed by atoms with Gasteiger partial charge in [0.25, 0.3) is 0 Å². The SMILES string of the molecule is C=C(CC)CN(CC(=O)O)c1ccccc1. The molecule has 0 saturated carbocycles. The molecule has 1 N–H and O–H groups in total. The average Bonchev–Trinajstić information content (AvgIpc) is 2.28. The van der Waals surface area contributed by atoms with Crippen LogP contribution >= 0.6 is 0 Å². The second-order valence-electron chi connectivity index (χ2n) is 3.69. The first-order chi connectivity index (χ1) is 7.63. The number of hydrogen-bond acceptors (Lipinski definition) is 2. The molecule has 3 nitrogen and oxygen atoms in total. The van der Waals surface area contributed by atoms with E-state index in [0.29, 0.717) is 6.54 Å². The van der Waals surface area contributed by atoms with E-state index in [-0.39, 0.29) is 6.54 Å². The number of anilines is 1. The summed E-state index contributed by atoms with van der Waals surface area (Å²) in [5, 5.41) is 8.86. The number of benzene rings is 1. The Morgan fingerprint density at radius 1 is 1.31 bits per heavy atom. The molecule has 0 atom stereocenters. The van der Waals surface area contributed by atoms with Gasteiger partial charge in [-0.3, -0.25) is 4.79 Å². The molecule has 86 valence electrons. The van der Waals surface area contributed by atoms with E-state index in [2.05, 4.69) is 6.58 Å². The van der Waals surface area contributed by atoms with Crippen molar-refractivity contribution in [3.8, 4) is 0 Å². The quantitative estimate of drug-likeness (QED) is 0.747. The summed E-state index contributed by atoms with van der Waals surface area (Å²) in [4.78, 5) is 12.6. The van der Waals surface area contributed by atoms with Crippen LogP contribution in [0, 0.1) is 0 Å². The number of carboxylic acids is 1. The van der Waals surface area contributed by atoms with Crippen LogP contribution in [0.3, 0.4) is 0 Å². The molecule has 3 heteroatoms. The van der Waals surface area contributed by atoms with E-state index in [1.165, 1.54) is 0 Å². The first kappa shape index (κ1) is 12.3. The molecule has 0 amide bonds. The summed E-state index contributed by atoms with van der Waals surface area (Å²) in [6, 6.07) is 9.53. The van der Waals surface area contributed by atoms with Crippen molar-refractivity contribution in [3.63, 3.8) is 0 Å². The monoisotopic (exact) mass is 219 g/mol. The van der Waals surface area contributed by atoms with Crippen LogP contribution in [0.1, 0.15) is 13.3 Å². The van der Waals surface area contributed by atoms with Crippen molar-refractivity contribution in [3.05, 3.63) is 42.5 Å². The number of carboxylic acid groups (broad SMARTS) is 1. The van der Waals surface area contributed by atoms with Crippen molar-refractivity contribution in [2.75, 3.05) is 18.0 Å². The molecule has 16 heavy (non-hydrogen) atoms. The fraction of sp³-hybridized carbons (Fsp3) is 0.308. The fourth-order valence-corrected chi connectivity index (χ4v) is 1.42. The molecule has 0 bridgehead atoms. The standard InChI is InChI=1S/C13H17NO2/c1-3-11(2)9-14(10-13(15)16)12-7-5-4-6-8-12/h4-8H,2-3,9-10H2,1H3,(H,15,16). The summed E-state index contributed by atoms with van der Waals surface area (Å²) in [5.41, 5.74) is 1.95. The summed E-state index contributed by atoms with van der Waals surface area (Å²) in [6.07, 6.45) is 0.864. The zero-order valence-electron chi connectivity index (χ0n) is 9.52. The summed E-state index contributed by atoms with van der Waals surface area (Å²) >= 11 is 0. The number of nitrogens with zero attached hydrogens (tertiary/aromatic N) is 1. The topological polar surface area (TPSA) is 40.5 Å². The van der Waals surface area contributed by atoms with Gasteiger partial charge in [-0.05, 0) is 18.6 Å². The lowest BCUT2D eigenvalue weighted by Gasteiger charge is -2.23. The second kappa shape index (κ2) is 5.95. The number of para-hydroxylation sites is 1. The lowest BCUT2D eigenvalue weighted by molar-refractivity contribution is -0.135. The zero-order chi connectivity index (χ0) is 12.0. The second-order valence-corrected chi connectivity index (χ2v) is 3.69. The molecule has 0 saturated heterocycles. The highest BCUT2D eigenvalue weighted by molar-refractivity contribution is 5.73. The van der Waals surface area contributed by atoms with Crippen LogP contribution in [0.5, 0.6) is 0 Å². The van der Waals surface area contributed by atoms with E-state index in [9.17, 15) is 4.79 Å². The number of hydrogen-bond donors (Lipinski definition) is 1. The lowest BCUT2D eigenvalue weighted by atomic mass is 10.2. The molecular weight excluding hydrogens is 202 g/mol. The molecule has 0 spiro atoms. The Morgan fingerprint density at radius 3 is 2.44 bits per heavy atom. The van der Waals surface area contributed by atoms with Crippen LogP contribution in [0.2, 0.25) is 0 Å². The van der Waals surface area contributed by atoms with Gasteiger partial charge >= 0.3 is 5.97 Å². The fourth-order valence-electron chi connectivity index (χ4n) is 1.42. The molecule has 1 aromatic carbocycles. The Balaban J connectivity index is 2.79. The predicted molar refractivity (Wildman–Crippen MR) is 65.7 cm³/mol. The number of rotatable bonds is 6. The van der Waals surface area contributed by atoms with Gasteiger partial charge in [0.05, 0.1) is 0 Å². The normalized spacial score (nSPS) is 9.81. The van der Waals surface area contributed by atoms with E-state index in [1.807, 2.05) is 42.2 Å². The van der Waals surface area contributed by atoms with Crippen molar-refractivity contribution in [1.29, 1.82) is 0 Å². The number of carbonyl (C=O) groups is 1. The van der Waals surface area contributed by atoms with Crippen LogP contribution < -0.4 is 4.90 Å². The van der Waals surface area contributed by atoms with E-state index in [4.69, 9.17) is 5.11 Å². The Bertz CT molecular complexity index is 359. The molecule has 0 aliphatic carbocycles. The molecule has 1 rings (SSSR count). The maximum Gasteiger partial charge on any atom is 0.323 e. The van der Waals surface area contributed by atoms with Gasteiger partial charge in [-0.15, -0.1) is 0 Å². The van der Waals surface area contributed by atoms with Crippen LogP contribution in [0.25, 0.3) is 0 Å². The van der Waals surface area contributed by atoms with Crippen molar-refractivity contribution in [1.82, 2.24) is 0 Å². The minimum atomic E-state index is -0.826. The average molecular weight is 219 g/mol. The molecule has 0 aromatic heterocycles. The minimum absolute atomic E-state index is 0.00301. The van der Waals surface area contributed by atoms with Gasteiger partial charge in [-0.2, -0.15) is 0 Å². The number of aliphatic carboxylic acids is 1. The van der Waals surface area contributed by atoms with Crippen LogP contribution in [-0.2, 0) is 4.79 Å². The van der Waals surface area contributed by atoms with E-state index in [0.717, 1.165) is 17.7 Å². The van der Waals surface area contributed by atoms with Crippen LogP contribution in [-0.4, -0.2) is 24.2 Å². The van der Waals surface area contributed by atoms with Gasteiger partial charge in [0.15, 0.2) is 0 Å². The molecule has 0 aliphatic heterocycles. The van der Waals surface area contributed by atoms with Crippen molar-refractivity contribution >= 4 is 11.7 Å². The Kier molecular flexibility index (Phi) is 4.58. The van der Waals surface area contributed by atoms with Gasteiger partial charge in [0.2, 0.25) is 0 Å². The highest BCUT2D eigenvalue weighted by Gasteiger charge is 2.10. The smallest absolute Gasteiger partial charge is 0.323 e. The Hall–Kier alpha value is -1.77. The van der Waals surface area contributed by atoms with Gasteiger partial charge in [-0.1, -0.05) is 37.3 Å². The van der Waals surface area contributed by atoms with E-state index >= 15 is 0 Å². The lowest BCUT2D eigenvalue weighted by Crippen LogP contribution is -2.31. The Labute approximate surface area is 96.0 Å². The maximum absolute atomic E-state index is 10.8. The van der Waals surface area contributed by atoms with Gasteiger partial charge in [-0.25, -0.2) is 0 Å². The molecule has 0 heterocycles. The minimum Gasteiger partial charge on any atom is -0.480 e. The van der Waals surface area contributed by atoms with Crippen LogP contribution in [0.4, 0.5) is 5.69 Å². The predicted octanol–water partition coefficient (Wildman–Crippen LogP) is 2.54. The van der Waals surface area contributed by atoms with Gasteiger partial charge < -0.3 is 10.0 Å². The largest absolute Gasteiger partial charge is 0.480 e. The molecule has 1 aromatic rings. The van der Waals surface area contributed by atoms with Crippen LogP contribution in [0.15, 0.2) is 42.5 Å². The highest BCUT2D eigenvalue weighted by atomic mass is 16.4. The van der Waals surface area contributed by atoms with Gasteiger partial charge in [0, 0.05) is 12.2 Å². The maximum atomic E-state index is 10.8. The molecule has 0 aliphatic rings. The van der Waals surface area contributed by atoms with E-state index in [1.54, 1.807) is 0 Å². The first-order valence-corrected chi connectivity index (χ1v) is 5.32. The molecular formula is C13H17NO2. The third-order valence-corrected chi connectivity index (χ3v) is 2.36. The third-order valence-electron chi connectivity index (χ3n) is 2.36.